The molecule has 29 heavy (non-hydrogen) atoms. The fraction of sp³-hybridized carbons (Fsp3) is 0.190. The van der Waals surface area contributed by atoms with Crippen molar-refractivity contribution in [1.82, 2.24) is 10.3 Å². The van der Waals surface area contributed by atoms with E-state index in [0.29, 0.717) is 33.8 Å². The van der Waals surface area contributed by atoms with E-state index in [1.807, 2.05) is 25.1 Å². The highest BCUT2D eigenvalue weighted by atomic mass is 35.5. The lowest BCUT2D eigenvalue weighted by molar-refractivity contribution is -0.124. The molecule has 2 amide bonds. The van der Waals surface area contributed by atoms with Crippen molar-refractivity contribution in [3.8, 4) is 11.3 Å². The number of hydrogen-bond donors (Lipinski definition) is 2. The van der Waals surface area contributed by atoms with E-state index in [1.165, 1.54) is 0 Å². The van der Waals surface area contributed by atoms with E-state index in [2.05, 4.69) is 15.6 Å². The fourth-order valence-electron chi connectivity index (χ4n) is 2.64. The molecule has 0 saturated carbocycles. The topological polar surface area (TPSA) is 84.2 Å². The second-order valence-corrected chi connectivity index (χ2v) is 7.15. The molecule has 1 aromatic heterocycles. The van der Waals surface area contributed by atoms with Crippen molar-refractivity contribution in [2.24, 2.45) is 0 Å². The molecule has 0 aliphatic carbocycles. The summed E-state index contributed by atoms with van der Waals surface area (Å²) in [5.74, 6) is 0.359. The highest BCUT2D eigenvalue weighted by Gasteiger charge is 2.12. The first kappa shape index (κ1) is 20.9. The summed E-state index contributed by atoms with van der Waals surface area (Å²) in [6.07, 6.45) is 2.03. The molecule has 0 spiro atoms. The van der Waals surface area contributed by atoms with Gasteiger partial charge in [0.2, 0.25) is 11.8 Å². The molecule has 0 saturated heterocycles. The van der Waals surface area contributed by atoms with E-state index in [4.69, 9.17) is 27.6 Å². The molecular weight excluding hydrogens is 413 g/mol. The van der Waals surface area contributed by atoms with Gasteiger partial charge in [0.1, 0.15) is 0 Å². The molecule has 0 bridgehead atoms. The van der Waals surface area contributed by atoms with E-state index >= 15 is 0 Å². The van der Waals surface area contributed by atoms with Crippen LogP contribution in [0.1, 0.15) is 17.9 Å². The van der Waals surface area contributed by atoms with E-state index in [9.17, 15) is 9.59 Å². The first-order chi connectivity index (χ1) is 13.9. The largest absolute Gasteiger partial charge is 0.441 e. The molecule has 3 rings (SSSR count). The Bertz CT molecular complexity index is 1030. The van der Waals surface area contributed by atoms with Crippen LogP contribution in [-0.4, -0.2) is 23.3 Å². The zero-order valence-corrected chi connectivity index (χ0v) is 17.2. The number of aromatic nitrogens is 1. The maximum Gasteiger partial charge on any atom is 0.243 e. The van der Waals surface area contributed by atoms with Crippen LogP contribution in [0.2, 0.25) is 10.0 Å². The van der Waals surface area contributed by atoms with Gasteiger partial charge in [0.25, 0.3) is 0 Å². The van der Waals surface area contributed by atoms with Gasteiger partial charge in [-0.1, -0.05) is 41.4 Å². The van der Waals surface area contributed by atoms with Crippen molar-refractivity contribution in [3.05, 3.63) is 70.2 Å². The molecule has 0 radical (unpaired) electrons. The Morgan fingerprint density at radius 2 is 1.79 bits per heavy atom. The lowest BCUT2D eigenvalue weighted by atomic mass is 10.2. The van der Waals surface area contributed by atoms with Crippen LogP contribution in [-0.2, 0) is 16.0 Å². The predicted molar refractivity (Wildman–Crippen MR) is 113 cm³/mol. The summed E-state index contributed by atoms with van der Waals surface area (Å²) in [6.45, 7) is 1.67. The number of benzene rings is 2. The molecule has 0 aliphatic rings. The van der Waals surface area contributed by atoms with Crippen molar-refractivity contribution in [1.29, 1.82) is 0 Å². The van der Waals surface area contributed by atoms with Gasteiger partial charge in [-0.15, -0.1) is 0 Å². The third kappa shape index (κ3) is 5.59. The molecule has 1 heterocycles. The number of oxazole rings is 1. The maximum atomic E-state index is 12.0. The maximum absolute atomic E-state index is 12.0. The lowest BCUT2D eigenvalue weighted by Gasteiger charge is -2.10. The zero-order chi connectivity index (χ0) is 20.8. The Labute approximate surface area is 178 Å². The van der Waals surface area contributed by atoms with Crippen molar-refractivity contribution in [3.63, 3.8) is 0 Å². The Balaban J connectivity index is 1.46. The van der Waals surface area contributed by atoms with Gasteiger partial charge in [0.15, 0.2) is 11.7 Å². The monoisotopic (exact) mass is 431 g/mol. The number of halogens is 2. The summed E-state index contributed by atoms with van der Waals surface area (Å²) in [6, 6.07) is 12.5. The number of nitrogens with zero attached hydrogens (tertiary/aromatic N) is 1. The van der Waals surface area contributed by atoms with Crippen LogP contribution in [0, 0.1) is 6.92 Å². The molecule has 6 nitrogen and oxygen atoms in total. The number of carbonyl (C=O) groups is 2. The first-order valence-corrected chi connectivity index (χ1v) is 9.71. The Hall–Kier alpha value is -2.83. The van der Waals surface area contributed by atoms with E-state index in [1.54, 1.807) is 30.5 Å². The third-order valence-corrected chi connectivity index (χ3v) is 4.99. The van der Waals surface area contributed by atoms with Crippen LogP contribution in [0.15, 0.2) is 53.1 Å². The summed E-state index contributed by atoms with van der Waals surface area (Å²) < 4.78 is 5.66. The smallest absolute Gasteiger partial charge is 0.243 e. The van der Waals surface area contributed by atoms with Crippen LogP contribution < -0.4 is 10.6 Å². The standard InChI is InChI=1S/C21H19Cl2N3O3/c1-13-15(22)7-4-8-17(13)26-20(28)12-24-19(27)9-10-21-25-11-18(29-21)14-5-2-3-6-16(14)23/h2-8,11H,9-10,12H2,1H3,(H,24,27)(H,26,28). The lowest BCUT2D eigenvalue weighted by Crippen LogP contribution is -2.33. The Morgan fingerprint density at radius 1 is 1.03 bits per heavy atom. The minimum atomic E-state index is -0.333. The molecular formula is C21H19Cl2N3O3. The summed E-state index contributed by atoms with van der Waals surface area (Å²) >= 11 is 12.2. The van der Waals surface area contributed by atoms with Gasteiger partial charge >= 0.3 is 0 Å². The number of hydrogen-bond acceptors (Lipinski definition) is 4. The van der Waals surface area contributed by atoms with Crippen molar-refractivity contribution >= 4 is 40.7 Å². The summed E-state index contributed by atoms with van der Waals surface area (Å²) in [5.41, 5.74) is 2.13. The predicted octanol–water partition coefficient (Wildman–Crippen LogP) is 4.64. The number of nitrogens with one attached hydrogen (secondary N) is 2. The van der Waals surface area contributed by atoms with Crippen LogP contribution in [0.4, 0.5) is 5.69 Å². The van der Waals surface area contributed by atoms with E-state index in [0.717, 1.165) is 11.1 Å². The van der Waals surface area contributed by atoms with Gasteiger partial charge in [-0.2, -0.15) is 0 Å². The molecule has 150 valence electrons. The molecule has 2 N–H and O–H groups in total. The van der Waals surface area contributed by atoms with Crippen LogP contribution in [0.3, 0.4) is 0 Å². The van der Waals surface area contributed by atoms with E-state index < -0.39 is 0 Å². The summed E-state index contributed by atoms with van der Waals surface area (Å²) in [7, 11) is 0. The number of aryl methyl sites for hydroxylation is 1. The second-order valence-electron chi connectivity index (χ2n) is 6.34. The minimum Gasteiger partial charge on any atom is -0.441 e. The quantitative estimate of drug-likeness (QED) is 0.570. The first-order valence-electron chi connectivity index (χ1n) is 8.95. The molecule has 0 unspecified atom stereocenters. The van der Waals surface area contributed by atoms with Crippen LogP contribution in [0.25, 0.3) is 11.3 Å². The highest BCUT2D eigenvalue weighted by Crippen LogP contribution is 2.28. The van der Waals surface area contributed by atoms with Gasteiger partial charge < -0.3 is 15.1 Å². The highest BCUT2D eigenvalue weighted by molar-refractivity contribution is 6.33. The molecule has 0 aliphatic heterocycles. The average molecular weight is 432 g/mol. The van der Waals surface area contributed by atoms with Crippen molar-refractivity contribution < 1.29 is 14.0 Å². The summed E-state index contributed by atoms with van der Waals surface area (Å²) in [5, 5.41) is 6.43. The SMILES string of the molecule is Cc1c(Cl)cccc1NC(=O)CNC(=O)CCc1ncc(-c2ccccc2Cl)o1. The average Bonchev–Trinajstić information content (AvgIpc) is 3.17. The van der Waals surface area contributed by atoms with Crippen LogP contribution >= 0.6 is 23.2 Å². The molecule has 0 fully saturated rings. The van der Waals surface area contributed by atoms with Gasteiger partial charge in [0, 0.05) is 29.1 Å². The van der Waals surface area contributed by atoms with Gasteiger partial charge in [-0.25, -0.2) is 4.98 Å². The van der Waals surface area contributed by atoms with Crippen LogP contribution in [0.5, 0.6) is 0 Å². The second kappa shape index (κ2) is 9.58. The van der Waals surface area contributed by atoms with Gasteiger partial charge in [-0.05, 0) is 36.8 Å². The van der Waals surface area contributed by atoms with Gasteiger partial charge in [-0.3, -0.25) is 9.59 Å². The number of rotatable bonds is 7. The molecule has 2 aromatic carbocycles. The van der Waals surface area contributed by atoms with Crippen molar-refractivity contribution in [2.75, 3.05) is 11.9 Å². The molecule has 3 aromatic rings. The summed E-state index contributed by atoms with van der Waals surface area (Å²) in [4.78, 5) is 28.2. The number of anilines is 1. The van der Waals surface area contributed by atoms with Gasteiger partial charge in [0.05, 0.1) is 17.8 Å². The Kier molecular flexibility index (Phi) is 6.90. The normalized spacial score (nSPS) is 10.6. The number of amides is 2. The Morgan fingerprint density at radius 3 is 2.59 bits per heavy atom. The van der Waals surface area contributed by atoms with E-state index in [-0.39, 0.29) is 24.8 Å². The zero-order valence-electron chi connectivity index (χ0n) is 15.7. The fourth-order valence-corrected chi connectivity index (χ4v) is 3.04. The van der Waals surface area contributed by atoms with Crippen molar-refractivity contribution in [2.45, 2.75) is 19.8 Å². The minimum absolute atomic E-state index is 0.138. The molecule has 8 heteroatoms. The third-order valence-electron chi connectivity index (χ3n) is 4.25. The molecule has 0 atom stereocenters. The number of carbonyl (C=O) groups excluding carboxylic acids is 2.